The van der Waals surface area contributed by atoms with Crippen LogP contribution in [0.15, 0.2) is 42.6 Å². The van der Waals surface area contributed by atoms with Gasteiger partial charge in [-0.1, -0.05) is 0 Å². The van der Waals surface area contributed by atoms with Gasteiger partial charge >= 0.3 is 6.18 Å². The van der Waals surface area contributed by atoms with Crippen molar-refractivity contribution in [2.45, 2.75) is 12.3 Å². The summed E-state index contributed by atoms with van der Waals surface area (Å²) < 4.78 is 42.9. The van der Waals surface area contributed by atoms with E-state index in [1.54, 1.807) is 24.3 Å². The number of amides is 1. The number of nitrogens with one attached hydrogen (secondary N) is 3. The Kier molecular flexibility index (Phi) is 8.96. The highest BCUT2D eigenvalue weighted by Gasteiger charge is 2.30. The maximum Gasteiger partial charge on any atom is 0.417 e. The van der Waals surface area contributed by atoms with Gasteiger partial charge in [0.15, 0.2) is 0 Å². The molecule has 3 N–H and O–H groups in total. The highest BCUT2D eigenvalue weighted by Crippen LogP contribution is 2.29. The number of alkyl halides is 3. The summed E-state index contributed by atoms with van der Waals surface area (Å²) in [6, 6.07) is 8.96. The number of carbonyl (C=O) groups excluding carboxylic acids is 1. The van der Waals surface area contributed by atoms with Crippen LogP contribution in [0, 0.1) is 0 Å². The molecule has 6 nitrogen and oxygen atoms in total. The molecule has 1 atom stereocenters. The summed E-state index contributed by atoms with van der Waals surface area (Å²) in [5.41, 5.74) is 0.418. The van der Waals surface area contributed by atoms with Gasteiger partial charge in [0.05, 0.1) is 12.2 Å². The Bertz CT molecular complexity index is 752. The minimum absolute atomic E-state index is 0. The number of anilines is 3. The topological polar surface area (TPSA) is 75.3 Å². The molecule has 0 radical (unpaired) electrons. The van der Waals surface area contributed by atoms with Gasteiger partial charge in [-0.3, -0.25) is 4.79 Å². The summed E-state index contributed by atoms with van der Waals surface area (Å²) in [4.78, 5) is 15.8. The van der Waals surface area contributed by atoms with Gasteiger partial charge in [0.1, 0.15) is 11.9 Å². The molecule has 1 aromatic heterocycles. The van der Waals surface area contributed by atoms with Gasteiger partial charge in [-0.15, -0.1) is 24.8 Å². The van der Waals surface area contributed by atoms with Crippen LogP contribution in [-0.2, 0) is 15.7 Å². The molecule has 1 fully saturated rings. The molecule has 1 aliphatic heterocycles. The standard InChI is InChI=1S/C17H17F3N4O2.2ClH/c18-17(19,20)11-1-6-15(22-9-11)23-12-2-4-13(5-3-12)24-16(25)14-10-21-7-8-26-14;;/h1-6,9,14,21H,7-8,10H2,(H,22,23)(H,24,25);2*1H. The van der Waals surface area contributed by atoms with Crippen molar-refractivity contribution in [2.75, 3.05) is 30.3 Å². The Morgan fingerprint density at radius 3 is 2.32 bits per heavy atom. The van der Waals surface area contributed by atoms with Crippen LogP contribution in [0.3, 0.4) is 0 Å². The largest absolute Gasteiger partial charge is 0.417 e. The summed E-state index contributed by atoms with van der Waals surface area (Å²) in [5, 5.41) is 8.73. The second kappa shape index (κ2) is 10.5. The van der Waals surface area contributed by atoms with Gasteiger partial charge in [-0.25, -0.2) is 4.98 Å². The number of rotatable bonds is 4. The molecule has 11 heteroatoms. The molecule has 1 saturated heterocycles. The van der Waals surface area contributed by atoms with Gasteiger partial charge in [-0.2, -0.15) is 13.2 Å². The third-order valence-electron chi connectivity index (χ3n) is 3.74. The second-order valence-corrected chi connectivity index (χ2v) is 5.69. The molecule has 28 heavy (non-hydrogen) atoms. The molecular formula is C17H19Cl2F3N4O2. The number of carbonyl (C=O) groups is 1. The normalized spacial score (nSPS) is 16.3. The van der Waals surface area contributed by atoms with Gasteiger partial charge < -0.3 is 20.7 Å². The molecule has 154 valence electrons. The molecule has 0 bridgehead atoms. The van der Waals surface area contributed by atoms with E-state index in [4.69, 9.17) is 4.74 Å². The molecule has 1 unspecified atom stereocenters. The van der Waals surface area contributed by atoms with Crippen LogP contribution in [0.4, 0.5) is 30.4 Å². The molecule has 2 aromatic rings. The van der Waals surface area contributed by atoms with Crippen LogP contribution in [-0.4, -0.2) is 36.7 Å². The maximum absolute atomic E-state index is 12.5. The van der Waals surface area contributed by atoms with Crippen molar-refractivity contribution in [1.29, 1.82) is 0 Å². The van der Waals surface area contributed by atoms with E-state index < -0.39 is 17.8 Å². The first-order chi connectivity index (χ1) is 12.4. The lowest BCUT2D eigenvalue weighted by Gasteiger charge is -2.22. The lowest BCUT2D eigenvalue weighted by molar-refractivity contribution is -0.137. The number of hydrogen-bond acceptors (Lipinski definition) is 5. The van der Waals surface area contributed by atoms with Crippen LogP contribution < -0.4 is 16.0 Å². The summed E-state index contributed by atoms with van der Waals surface area (Å²) in [6.45, 7) is 1.67. The number of halogens is 5. The monoisotopic (exact) mass is 438 g/mol. The molecule has 1 aromatic carbocycles. The molecule has 0 aliphatic carbocycles. The van der Waals surface area contributed by atoms with E-state index in [1.807, 2.05) is 0 Å². The van der Waals surface area contributed by atoms with Crippen molar-refractivity contribution >= 4 is 47.9 Å². The number of ether oxygens (including phenoxy) is 1. The first-order valence-electron chi connectivity index (χ1n) is 7.95. The van der Waals surface area contributed by atoms with Crippen molar-refractivity contribution in [1.82, 2.24) is 10.3 Å². The Hall–Kier alpha value is -2.07. The average molecular weight is 439 g/mol. The lowest BCUT2D eigenvalue weighted by atomic mass is 10.2. The summed E-state index contributed by atoms with van der Waals surface area (Å²) >= 11 is 0. The maximum atomic E-state index is 12.5. The fourth-order valence-corrected chi connectivity index (χ4v) is 2.38. The first kappa shape index (κ1) is 24.0. The summed E-state index contributed by atoms with van der Waals surface area (Å²) in [6.07, 6.45) is -4.17. The van der Waals surface area contributed by atoms with E-state index in [-0.39, 0.29) is 36.5 Å². The van der Waals surface area contributed by atoms with Gasteiger partial charge in [0, 0.05) is 30.7 Å². The fraction of sp³-hybridized carbons (Fsp3) is 0.294. The number of benzene rings is 1. The van der Waals surface area contributed by atoms with Crippen LogP contribution in [0.25, 0.3) is 0 Å². The van der Waals surface area contributed by atoms with E-state index in [2.05, 4.69) is 20.9 Å². The Morgan fingerprint density at radius 2 is 1.79 bits per heavy atom. The van der Waals surface area contributed by atoms with Crippen molar-refractivity contribution in [3.63, 3.8) is 0 Å². The van der Waals surface area contributed by atoms with Crippen LogP contribution in [0.5, 0.6) is 0 Å². The molecule has 3 rings (SSSR count). The Labute approximate surface area is 172 Å². The Morgan fingerprint density at radius 1 is 1.11 bits per heavy atom. The second-order valence-electron chi connectivity index (χ2n) is 5.69. The van der Waals surface area contributed by atoms with Gasteiger partial charge in [-0.05, 0) is 36.4 Å². The van der Waals surface area contributed by atoms with Crippen LogP contribution >= 0.6 is 24.8 Å². The third-order valence-corrected chi connectivity index (χ3v) is 3.74. The van der Waals surface area contributed by atoms with Crippen LogP contribution in [0.1, 0.15) is 5.56 Å². The number of aromatic nitrogens is 1. The van der Waals surface area contributed by atoms with Crippen molar-refractivity contribution in [3.05, 3.63) is 48.2 Å². The highest BCUT2D eigenvalue weighted by molar-refractivity contribution is 5.94. The van der Waals surface area contributed by atoms with E-state index >= 15 is 0 Å². The molecular weight excluding hydrogens is 420 g/mol. The van der Waals surface area contributed by atoms with E-state index in [1.165, 1.54) is 6.07 Å². The quantitative estimate of drug-likeness (QED) is 0.679. The predicted molar refractivity (Wildman–Crippen MR) is 105 cm³/mol. The number of nitrogens with zero attached hydrogens (tertiary/aromatic N) is 1. The third kappa shape index (κ3) is 6.52. The highest BCUT2D eigenvalue weighted by atomic mass is 35.5. The first-order valence-corrected chi connectivity index (χ1v) is 7.95. The van der Waals surface area contributed by atoms with Gasteiger partial charge in [0.2, 0.25) is 0 Å². The number of hydrogen-bond donors (Lipinski definition) is 3. The number of pyridine rings is 1. The van der Waals surface area contributed by atoms with E-state index in [0.29, 0.717) is 24.5 Å². The molecule has 2 heterocycles. The Balaban J connectivity index is 0.00000196. The smallest absolute Gasteiger partial charge is 0.366 e. The van der Waals surface area contributed by atoms with Crippen LogP contribution in [0.2, 0.25) is 0 Å². The summed E-state index contributed by atoms with van der Waals surface area (Å²) in [5.74, 6) is 0.0544. The van der Waals surface area contributed by atoms with Crippen molar-refractivity contribution in [2.24, 2.45) is 0 Å². The van der Waals surface area contributed by atoms with E-state index in [0.717, 1.165) is 18.8 Å². The minimum Gasteiger partial charge on any atom is -0.366 e. The summed E-state index contributed by atoms with van der Waals surface area (Å²) in [7, 11) is 0. The molecule has 1 amide bonds. The van der Waals surface area contributed by atoms with Crippen molar-refractivity contribution < 1.29 is 22.7 Å². The average Bonchev–Trinajstić information content (AvgIpc) is 2.64. The number of morpholine rings is 1. The zero-order valence-electron chi connectivity index (χ0n) is 14.5. The van der Waals surface area contributed by atoms with Gasteiger partial charge in [0.25, 0.3) is 5.91 Å². The van der Waals surface area contributed by atoms with Crippen molar-refractivity contribution in [3.8, 4) is 0 Å². The SMILES string of the molecule is Cl.Cl.O=C(Nc1ccc(Nc2ccc(C(F)(F)F)cn2)cc1)C1CNCCO1. The zero-order valence-corrected chi connectivity index (χ0v) is 16.1. The van der Waals surface area contributed by atoms with E-state index in [9.17, 15) is 18.0 Å². The fourth-order valence-electron chi connectivity index (χ4n) is 2.38. The minimum atomic E-state index is -4.41. The molecule has 0 spiro atoms. The zero-order chi connectivity index (χ0) is 18.6. The lowest BCUT2D eigenvalue weighted by Crippen LogP contribution is -2.45. The predicted octanol–water partition coefficient (Wildman–Crippen LogP) is 3.61. The molecule has 1 aliphatic rings. The molecule has 0 saturated carbocycles.